The van der Waals surface area contributed by atoms with E-state index in [9.17, 15) is 8.42 Å². The highest BCUT2D eigenvalue weighted by atomic mass is 32.2. The molecule has 1 aliphatic heterocycles. The van der Waals surface area contributed by atoms with E-state index in [1.54, 1.807) is 18.4 Å². The molecule has 3 rings (SSSR count). The molecule has 1 fully saturated rings. The number of nitrogens with one attached hydrogen (secondary N) is 1. The average molecular weight is 433 g/mol. The molecule has 30 heavy (non-hydrogen) atoms. The van der Waals surface area contributed by atoms with Gasteiger partial charge in [-0.3, -0.25) is 0 Å². The van der Waals surface area contributed by atoms with E-state index >= 15 is 0 Å². The van der Waals surface area contributed by atoms with Crippen molar-refractivity contribution in [2.45, 2.75) is 44.6 Å². The minimum atomic E-state index is -3.68. The van der Waals surface area contributed by atoms with Crippen LogP contribution in [-0.2, 0) is 23.0 Å². The van der Waals surface area contributed by atoms with Crippen LogP contribution in [0.3, 0.4) is 0 Å². The fraction of sp³-hybridized carbons (Fsp3) is 0.500. The summed E-state index contributed by atoms with van der Waals surface area (Å²) in [5, 5.41) is 8.65. The Balaban J connectivity index is 1.66. The van der Waals surface area contributed by atoms with E-state index in [4.69, 9.17) is 14.5 Å². The quantitative estimate of drug-likeness (QED) is 0.493. The summed E-state index contributed by atoms with van der Waals surface area (Å²) in [5.41, 5.74) is 0.936. The first kappa shape index (κ1) is 22.4. The van der Waals surface area contributed by atoms with Crippen LogP contribution >= 0.6 is 0 Å². The van der Waals surface area contributed by atoms with Crippen molar-refractivity contribution in [2.75, 3.05) is 19.6 Å². The molecular formula is C22H32N4O3S. The summed E-state index contributed by atoms with van der Waals surface area (Å²) in [5.74, 6) is 3.22. The lowest BCUT2D eigenvalue weighted by Gasteiger charge is -2.22. The van der Waals surface area contributed by atoms with Crippen molar-refractivity contribution >= 4 is 16.0 Å². The van der Waals surface area contributed by atoms with Crippen LogP contribution in [0.2, 0.25) is 0 Å². The highest BCUT2D eigenvalue weighted by Crippen LogP contribution is 2.23. The number of likely N-dealkylation sites (tertiary alicyclic amines) is 1. The first-order chi connectivity index (χ1) is 14.3. The van der Waals surface area contributed by atoms with Crippen LogP contribution in [0, 0.1) is 11.8 Å². The molecule has 7 nitrogen and oxygen atoms in total. The highest BCUT2D eigenvalue weighted by molar-refractivity contribution is 7.89. The van der Waals surface area contributed by atoms with Crippen LogP contribution in [0.5, 0.6) is 0 Å². The first-order valence-corrected chi connectivity index (χ1v) is 12.0. The molecule has 1 saturated heterocycles. The average Bonchev–Trinajstić information content (AvgIpc) is 3.36. The van der Waals surface area contributed by atoms with Crippen LogP contribution in [0.15, 0.2) is 57.0 Å². The van der Waals surface area contributed by atoms with E-state index in [-0.39, 0.29) is 4.90 Å². The largest absolute Gasteiger partial charge is 0.469 e. The van der Waals surface area contributed by atoms with Crippen LogP contribution in [0.1, 0.15) is 38.0 Å². The zero-order chi connectivity index (χ0) is 21.6. The summed E-state index contributed by atoms with van der Waals surface area (Å²) >= 11 is 0. The Labute approximate surface area is 179 Å². The molecule has 0 saturated carbocycles. The van der Waals surface area contributed by atoms with Crippen molar-refractivity contribution in [2.24, 2.45) is 22.0 Å². The number of furan rings is 1. The van der Waals surface area contributed by atoms with Gasteiger partial charge < -0.3 is 14.6 Å². The number of hydrogen-bond donors (Lipinski definition) is 2. The number of nitrogens with zero attached hydrogens (tertiary/aromatic N) is 2. The van der Waals surface area contributed by atoms with E-state index in [0.29, 0.717) is 18.4 Å². The van der Waals surface area contributed by atoms with E-state index in [1.807, 2.05) is 12.1 Å². The molecular weight excluding hydrogens is 400 g/mol. The Hall–Kier alpha value is -2.32. The molecule has 1 aromatic carbocycles. The molecule has 0 spiro atoms. The number of primary sulfonamides is 1. The predicted molar refractivity (Wildman–Crippen MR) is 119 cm³/mol. The molecule has 0 radical (unpaired) electrons. The molecule has 0 aliphatic carbocycles. The Bertz CT molecular complexity index is 922. The number of sulfonamides is 1. The third-order valence-electron chi connectivity index (χ3n) is 5.29. The second-order valence-corrected chi connectivity index (χ2v) is 9.88. The smallest absolute Gasteiger partial charge is 0.238 e. The van der Waals surface area contributed by atoms with E-state index in [0.717, 1.165) is 43.3 Å². The number of rotatable bonds is 8. The second-order valence-electron chi connectivity index (χ2n) is 8.32. The van der Waals surface area contributed by atoms with Gasteiger partial charge in [0.25, 0.3) is 0 Å². The van der Waals surface area contributed by atoms with Gasteiger partial charge in [-0.2, -0.15) is 0 Å². The van der Waals surface area contributed by atoms with Crippen molar-refractivity contribution in [1.29, 1.82) is 0 Å². The maximum absolute atomic E-state index is 11.4. The molecule has 0 bridgehead atoms. The van der Waals surface area contributed by atoms with Crippen LogP contribution < -0.4 is 10.5 Å². The molecule has 1 aliphatic rings. The summed E-state index contributed by atoms with van der Waals surface area (Å²) < 4.78 is 28.3. The number of guanidine groups is 1. The highest BCUT2D eigenvalue weighted by Gasteiger charge is 2.25. The van der Waals surface area contributed by atoms with Gasteiger partial charge in [0, 0.05) is 26.1 Å². The Morgan fingerprint density at radius 3 is 2.70 bits per heavy atom. The summed E-state index contributed by atoms with van der Waals surface area (Å²) in [7, 11) is -3.68. The lowest BCUT2D eigenvalue weighted by molar-refractivity contribution is 0.402. The number of aliphatic imine (C=N–C) groups is 1. The van der Waals surface area contributed by atoms with Gasteiger partial charge in [-0.1, -0.05) is 26.0 Å². The van der Waals surface area contributed by atoms with Gasteiger partial charge in [0.1, 0.15) is 5.76 Å². The zero-order valence-corrected chi connectivity index (χ0v) is 18.6. The molecule has 164 valence electrons. The first-order valence-electron chi connectivity index (χ1n) is 10.5. The Morgan fingerprint density at radius 2 is 2.07 bits per heavy atom. The van der Waals surface area contributed by atoms with Crippen molar-refractivity contribution in [3.05, 3.63) is 54.0 Å². The van der Waals surface area contributed by atoms with Crippen LogP contribution in [0.25, 0.3) is 0 Å². The third kappa shape index (κ3) is 6.60. The number of nitrogens with two attached hydrogens (primary N) is 1. The summed E-state index contributed by atoms with van der Waals surface area (Å²) in [6.45, 7) is 7.75. The van der Waals surface area contributed by atoms with Gasteiger partial charge in [-0.15, -0.1) is 0 Å². The van der Waals surface area contributed by atoms with Gasteiger partial charge in [-0.25, -0.2) is 18.5 Å². The molecule has 1 aromatic heterocycles. The van der Waals surface area contributed by atoms with Crippen molar-refractivity contribution in [1.82, 2.24) is 10.2 Å². The molecule has 2 heterocycles. The van der Waals surface area contributed by atoms with Gasteiger partial charge in [0.05, 0.1) is 17.7 Å². The SMILES string of the molecule is CC(C)CC1CCN(C(=NCc2ccc(S(N)(=O)=O)cc2)NCCc2ccco2)C1. The fourth-order valence-corrected chi connectivity index (χ4v) is 4.37. The fourth-order valence-electron chi connectivity index (χ4n) is 3.85. The van der Waals surface area contributed by atoms with E-state index in [1.165, 1.54) is 25.0 Å². The molecule has 1 atom stereocenters. The second kappa shape index (κ2) is 10.1. The number of hydrogen-bond acceptors (Lipinski definition) is 4. The van der Waals surface area contributed by atoms with Gasteiger partial charge in [0.2, 0.25) is 10.0 Å². The van der Waals surface area contributed by atoms with Gasteiger partial charge >= 0.3 is 0 Å². The van der Waals surface area contributed by atoms with Crippen molar-refractivity contribution in [3.63, 3.8) is 0 Å². The summed E-state index contributed by atoms with van der Waals surface area (Å²) in [4.78, 5) is 7.26. The Kier molecular flexibility index (Phi) is 7.55. The van der Waals surface area contributed by atoms with E-state index < -0.39 is 10.0 Å². The minimum absolute atomic E-state index is 0.114. The molecule has 0 amide bonds. The van der Waals surface area contributed by atoms with Crippen LogP contribution in [0.4, 0.5) is 0 Å². The van der Waals surface area contributed by atoms with Crippen molar-refractivity contribution in [3.8, 4) is 0 Å². The van der Waals surface area contributed by atoms with Gasteiger partial charge in [0.15, 0.2) is 5.96 Å². The maximum atomic E-state index is 11.4. The third-order valence-corrected chi connectivity index (χ3v) is 6.22. The molecule has 2 aromatic rings. The van der Waals surface area contributed by atoms with Crippen molar-refractivity contribution < 1.29 is 12.8 Å². The standard InChI is InChI=1S/C22H32N4O3S/c1-17(2)14-19-10-12-26(16-19)22(24-11-9-20-4-3-13-29-20)25-15-18-5-7-21(8-6-18)30(23,27)28/h3-8,13,17,19H,9-12,14-16H2,1-2H3,(H,24,25)(H2,23,27,28). The van der Waals surface area contributed by atoms with Crippen LogP contribution in [-0.4, -0.2) is 38.9 Å². The lowest BCUT2D eigenvalue weighted by Crippen LogP contribution is -2.41. The topological polar surface area (TPSA) is 101 Å². The number of benzene rings is 1. The molecule has 8 heteroatoms. The summed E-state index contributed by atoms with van der Waals surface area (Å²) in [6, 6.07) is 10.4. The van der Waals surface area contributed by atoms with E-state index in [2.05, 4.69) is 24.1 Å². The zero-order valence-electron chi connectivity index (χ0n) is 17.8. The molecule has 1 unspecified atom stereocenters. The minimum Gasteiger partial charge on any atom is -0.469 e. The lowest BCUT2D eigenvalue weighted by atomic mass is 9.97. The predicted octanol–water partition coefficient (Wildman–Crippen LogP) is 2.98. The molecule has 3 N–H and O–H groups in total. The monoisotopic (exact) mass is 432 g/mol. The summed E-state index contributed by atoms with van der Waals surface area (Å²) in [6.07, 6.45) is 4.89. The van der Waals surface area contributed by atoms with Gasteiger partial charge in [-0.05, 0) is 54.5 Å². The Morgan fingerprint density at radius 1 is 1.30 bits per heavy atom. The maximum Gasteiger partial charge on any atom is 0.238 e. The normalized spacial score (nSPS) is 17.7.